The number of nitrogens with zero attached hydrogens (tertiary/aromatic N) is 2. The maximum Gasteiger partial charge on any atom is 0.321 e. The van der Waals surface area contributed by atoms with Gasteiger partial charge in [-0.25, -0.2) is 9.97 Å². The lowest BCUT2D eigenvalue weighted by Gasteiger charge is -2.11. The summed E-state index contributed by atoms with van der Waals surface area (Å²) in [4.78, 5) is 20.1. The molecule has 0 atom stereocenters. The SMILES string of the molecule is Cc1cc(Oc2ncccn2)ccc1NC(=O)COCCOc1ccccc1. The molecule has 1 heterocycles. The van der Waals surface area contributed by atoms with Crippen molar-refractivity contribution in [3.63, 3.8) is 0 Å². The van der Waals surface area contributed by atoms with Crippen LogP contribution in [0.25, 0.3) is 0 Å². The van der Waals surface area contributed by atoms with Crippen molar-refractivity contribution < 1.29 is 19.0 Å². The summed E-state index contributed by atoms with van der Waals surface area (Å²) in [5, 5.41) is 2.82. The summed E-state index contributed by atoms with van der Waals surface area (Å²) < 4.78 is 16.4. The highest BCUT2D eigenvalue weighted by atomic mass is 16.5. The largest absolute Gasteiger partial charge is 0.491 e. The molecule has 0 aliphatic rings. The van der Waals surface area contributed by atoms with Crippen molar-refractivity contribution in [2.45, 2.75) is 6.92 Å². The minimum atomic E-state index is -0.233. The number of anilines is 1. The van der Waals surface area contributed by atoms with Crippen LogP contribution in [0.3, 0.4) is 0 Å². The summed E-state index contributed by atoms with van der Waals surface area (Å²) in [5.41, 5.74) is 1.55. The molecule has 0 aliphatic carbocycles. The molecule has 3 aromatic rings. The van der Waals surface area contributed by atoms with Crippen LogP contribution >= 0.6 is 0 Å². The number of carbonyl (C=O) groups excluding carboxylic acids is 1. The molecule has 3 rings (SSSR count). The second-order valence-electron chi connectivity index (χ2n) is 5.87. The van der Waals surface area contributed by atoms with E-state index in [0.29, 0.717) is 24.7 Å². The fourth-order valence-corrected chi connectivity index (χ4v) is 2.37. The minimum Gasteiger partial charge on any atom is -0.491 e. The third kappa shape index (κ3) is 6.07. The smallest absolute Gasteiger partial charge is 0.321 e. The zero-order valence-electron chi connectivity index (χ0n) is 15.5. The number of rotatable bonds is 9. The predicted octanol–water partition coefficient (Wildman–Crippen LogP) is 3.61. The molecule has 2 aromatic carbocycles. The van der Waals surface area contributed by atoms with Gasteiger partial charge >= 0.3 is 6.01 Å². The summed E-state index contributed by atoms with van der Waals surface area (Å²) in [6, 6.07) is 16.8. The highest BCUT2D eigenvalue weighted by Crippen LogP contribution is 2.24. The van der Waals surface area contributed by atoms with Crippen LogP contribution in [0.2, 0.25) is 0 Å². The first kappa shape index (κ1) is 19.3. The van der Waals surface area contributed by atoms with Gasteiger partial charge in [0.1, 0.15) is 24.7 Å². The molecule has 0 unspecified atom stereocenters. The predicted molar refractivity (Wildman–Crippen MR) is 105 cm³/mol. The van der Waals surface area contributed by atoms with Gasteiger partial charge in [-0.2, -0.15) is 0 Å². The molecular formula is C21H21N3O4. The summed E-state index contributed by atoms with van der Waals surface area (Å²) in [6.45, 7) is 2.53. The Morgan fingerprint density at radius 2 is 1.75 bits per heavy atom. The molecule has 28 heavy (non-hydrogen) atoms. The lowest BCUT2D eigenvalue weighted by Crippen LogP contribution is -2.20. The number of carbonyl (C=O) groups is 1. The Morgan fingerprint density at radius 3 is 2.50 bits per heavy atom. The zero-order chi connectivity index (χ0) is 19.6. The van der Waals surface area contributed by atoms with Gasteiger partial charge in [-0.05, 0) is 48.9 Å². The van der Waals surface area contributed by atoms with Gasteiger partial charge in [0.15, 0.2) is 0 Å². The molecule has 1 amide bonds. The Balaban J connectivity index is 1.41. The molecular weight excluding hydrogens is 358 g/mol. The number of ether oxygens (including phenoxy) is 3. The monoisotopic (exact) mass is 379 g/mol. The van der Waals surface area contributed by atoms with E-state index in [-0.39, 0.29) is 18.5 Å². The average Bonchev–Trinajstić information content (AvgIpc) is 2.71. The van der Waals surface area contributed by atoms with E-state index >= 15 is 0 Å². The molecule has 0 fully saturated rings. The number of hydrogen-bond donors (Lipinski definition) is 1. The molecule has 7 heteroatoms. The van der Waals surface area contributed by atoms with Crippen LogP contribution < -0.4 is 14.8 Å². The van der Waals surface area contributed by atoms with Crippen LogP contribution in [-0.2, 0) is 9.53 Å². The Bertz CT molecular complexity index is 889. The van der Waals surface area contributed by atoms with Gasteiger partial charge in [0.25, 0.3) is 0 Å². The topological polar surface area (TPSA) is 82.6 Å². The maximum atomic E-state index is 12.0. The Labute approximate surface area is 163 Å². The van der Waals surface area contributed by atoms with Crippen molar-refractivity contribution in [3.8, 4) is 17.5 Å². The van der Waals surface area contributed by atoms with Crippen LogP contribution in [0.1, 0.15) is 5.56 Å². The number of amides is 1. The van der Waals surface area contributed by atoms with E-state index in [1.807, 2.05) is 37.3 Å². The van der Waals surface area contributed by atoms with Crippen LogP contribution in [-0.4, -0.2) is 35.7 Å². The number of hydrogen-bond acceptors (Lipinski definition) is 6. The van der Waals surface area contributed by atoms with Crippen molar-refractivity contribution in [3.05, 3.63) is 72.6 Å². The fraction of sp³-hybridized carbons (Fsp3) is 0.190. The standard InChI is InChI=1S/C21H21N3O4/c1-16-14-18(28-21-22-10-5-11-23-21)8-9-19(16)24-20(25)15-26-12-13-27-17-6-3-2-4-7-17/h2-11,14H,12-13,15H2,1H3,(H,24,25). The molecule has 0 aliphatic heterocycles. The van der Waals surface area contributed by atoms with E-state index in [9.17, 15) is 4.79 Å². The number of aromatic nitrogens is 2. The second kappa shape index (κ2) is 10.0. The number of para-hydroxylation sites is 1. The van der Waals surface area contributed by atoms with Gasteiger partial charge in [-0.15, -0.1) is 0 Å². The van der Waals surface area contributed by atoms with Gasteiger partial charge in [0.2, 0.25) is 5.91 Å². The van der Waals surface area contributed by atoms with Crippen LogP contribution in [0.15, 0.2) is 67.0 Å². The van der Waals surface area contributed by atoms with E-state index in [2.05, 4.69) is 15.3 Å². The summed E-state index contributed by atoms with van der Waals surface area (Å²) in [7, 11) is 0. The first-order chi connectivity index (χ1) is 13.7. The van der Waals surface area contributed by atoms with E-state index in [4.69, 9.17) is 14.2 Å². The van der Waals surface area contributed by atoms with Gasteiger partial charge in [-0.3, -0.25) is 4.79 Å². The molecule has 0 saturated carbocycles. The fourth-order valence-electron chi connectivity index (χ4n) is 2.37. The molecule has 0 bridgehead atoms. The molecule has 0 radical (unpaired) electrons. The molecule has 144 valence electrons. The quantitative estimate of drug-likeness (QED) is 0.572. The Kier molecular flexibility index (Phi) is 6.92. The summed E-state index contributed by atoms with van der Waals surface area (Å²) in [5.74, 6) is 1.13. The van der Waals surface area contributed by atoms with Crippen LogP contribution in [0.5, 0.6) is 17.5 Å². The van der Waals surface area contributed by atoms with Crippen molar-refractivity contribution >= 4 is 11.6 Å². The van der Waals surface area contributed by atoms with Crippen LogP contribution in [0, 0.1) is 6.92 Å². The van der Waals surface area contributed by atoms with Crippen molar-refractivity contribution in [2.24, 2.45) is 0 Å². The molecule has 7 nitrogen and oxygen atoms in total. The van der Waals surface area contributed by atoms with Gasteiger partial charge in [0.05, 0.1) is 6.61 Å². The highest BCUT2D eigenvalue weighted by molar-refractivity contribution is 5.92. The van der Waals surface area contributed by atoms with Gasteiger partial charge < -0.3 is 19.5 Å². The molecule has 1 aromatic heterocycles. The number of benzene rings is 2. The zero-order valence-corrected chi connectivity index (χ0v) is 15.5. The Morgan fingerprint density at radius 1 is 0.964 bits per heavy atom. The molecule has 0 saturated heterocycles. The third-order valence-corrected chi connectivity index (χ3v) is 3.70. The maximum absolute atomic E-state index is 12.0. The first-order valence-electron chi connectivity index (χ1n) is 8.82. The molecule has 1 N–H and O–H groups in total. The van der Waals surface area contributed by atoms with Crippen molar-refractivity contribution in [2.75, 3.05) is 25.1 Å². The van der Waals surface area contributed by atoms with Gasteiger partial charge in [0, 0.05) is 18.1 Å². The highest BCUT2D eigenvalue weighted by Gasteiger charge is 2.07. The number of nitrogens with one attached hydrogen (secondary N) is 1. The Hall–Kier alpha value is -3.45. The molecule has 0 spiro atoms. The second-order valence-corrected chi connectivity index (χ2v) is 5.87. The first-order valence-corrected chi connectivity index (χ1v) is 8.82. The summed E-state index contributed by atoms with van der Waals surface area (Å²) >= 11 is 0. The van der Waals surface area contributed by atoms with Gasteiger partial charge in [-0.1, -0.05) is 18.2 Å². The van der Waals surface area contributed by atoms with E-state index in [0.717, 1.165) is 11.3 Å². The lowest BCUT2D eigenvalue weighted by molar-refractivity contribution is -0.120. The minimum absolute atomic E-state index is 0.0479. The normalized spacial score (nSPS) is 10.3. The van der Waals surface area contributed by atoms with E-state index in [1.54, 1.807) is 36.7 Å². The summed E-state index contributed by atoms with van der Waals surface area (Å²) in [6.07, 6.45) is 3.21. The van der Waals surface area contributed by atoms with E-state index in [1.165, 1.54) is 0 Å². The third-order valence-electron chi connectivity index (χ3n) is 3.70. The lowest BCUT2D eigenvalue weighted by atomic mass is 10.2. The van der Waals surface area contributed by atoms with Crippen molar-refractivity contribution in [1.29, 1.82) is 0 Å². The van der Waals surface area contributed by atoms with Crippen LogP contribution in [0.4, 0.5) is 5.69 Å². The van der Waals surface area contributed by atoms with E-state index < -0.39 is 0 Å². The average molecular weight is 379 g/mol. The number of aryl methyl sites for hydroxylation is 1. The van der Waals surface area contributed by atoms with Crippen molar-refractivity contribution in [1.82, 2.24) is 9.97 Å².